The Morgan fingerprint density at radius 3 is 2.71 bits per heavy atom. The predicted octanol–water partition coefficient (Wildman–Crippen LogP) is 2.41. The second-order valence-corrected chi connectivity index (χ2v) is 5.47. The molecular weight excluding hydrogens is 306 g/mol. The molecule has 0 atom stereocenters. The van der Waals surface area contributed by atoms with Crippen LogP contribution in [0.2, 0.25) is 0 Å². The van der Waals surface area contributed by atoms with E-state index in [-0.39, 0.29) is 17.5 Å². The van der Waals surface area contributed by atoms with Crippen LogP contribution in [-0.4, -0.2) is 47.0 Å². The Hall–Kier alpha value is -2.89. The van der Waals surface area contributed by atoms with Gasteiger partial charge in [0.1, 0.15) is 11.4 Å². The van der Waals surface area contributed by atoms with Crippen molar-refractivity contribution < 1.29 is 14.3 Å². The lowest BCUT2D eigenvalue weighted by atomic mass is 10.1. The number of pyridine rings is 1. The molecule has 0 spiro atoms. The molecule has 1 aromatic heterocycles. The third-order valence-corrected chi connectivity index (χ3v) is 3.95. The lowest BCUT2D eigenvalue weighted by Crippen LogP contribution is -2.44. The minimum atomic E-state index is -0.297. The zero-order chi connectivity index (χ0) is 17.1. The molecule has 1 fully saturated rings. The molecule has 1 aliphatic heterocycles. The van der Waals surface area contributed by atoms with Crippen molar-refractivity contribution >= 4 is 22.7 Å². The molecule has 0 aliphatic carbocycles. The topological polar surface area (TPSA) is 62.7 Å². The highest BCUT2D eigenvalue weighted by molar-refractivity contribution is 5.99. The summed E-state index contributed by atoms with van der Waals surface area (Å²) in [5.41, 5.74) is 0.955. The van der Waals surface area contributed by atoms with Crippen molar-refractivity contribution in [3.63, 3.8) is 0 Å². The van der Waals surface area contributed by atoms with E-state index in [1.807, 2.05) is 24.3 Å². The van der Waals surface area contributed by atoms with Crippen LogP contribution in [0.5, 0.6) is 5.75 Å². The molecule has 1 saturated heterocycles. The summed E-state index contributed by atoms with van der Waals surface area (Å²) in [5, 5.41) is 3.77. The van der Waals surface area contributed by atoms with Crippen molar-refractivity contribution in [1.29, 1.82) is 0 Å². The smallest absolute Gasteiger partial charge is 0.291 e. The Kier molecular flexibility index (Phi) is 4.46. The molecule has 1 aliphatic rings. The molecule has 6 nitrogen and oxygen atoms in total. The van der Waals surface area contributed by atoms with Crippen LogP contribution in [0.15, 0.2) is 42.5 Å². The summed E-state index contributed by atoms with van der Waals surface area (Å²) in [6.07, 6.45) is 3.88. The van der Waals surface area contributed by atoms with Crippen molar-refractivity contribution in [2.75, 3.05) is 20.2 Å². The van der Waals surface area contributed by atoms with Crippen LogP contribution in [0.1, 0.15) is 23.8 Å². The molecule has 6 heteroatoms. The largest absolute Gasteiger partial charge is 0.496 e. The van der Waals surface area contributed by atoms with Gasteiger partial charge in [0.15, 0.2) is 0 Å². The predicted molar refractivity (Wildman–Crippen MR) is 90.5 cm³/mol. The number of allylic oxidation sites excluding steroid dienone is 1. The van der Waals surface area contributed by atoms with Gasteiger partial charge in [-0.05, 0) is 25.5 Å². The molecule has 24 heavy (non-hydrogen) atoms. The molecule has 2 aromatic rings. The normalized spacial score (nSPS) is 14.6. The second-order valence-electron chi connectivity index (χ2n) is 5.47. The number of aromatic nitrogens is 1. The number of hydrogen-bond donors (Lipinski definition) is 0. The zero-order valence-corrected chi connectivity index (χ0v) is 13.7. The van der Waals surface area contributed by atoms with Gasteiger partial charge >= 0.3 is 0 Å². The van der Waals surface area contributed by atoms with E-state index < -0.39 is 0 Å². The van der Waals surface area contributed by atoms with E-state index in [1.54, 1.807) is 26.2 Å². The van der Waals surface area contributed by atoms with E-state index in [9.17, 15) is 9.59 Å². The maximum absolute atomic E-state index is 12.9. The Balaban J connectivity index is 1.97. The molecule has 3 rings (SSSR count). The van der Waals surface area contributed by atoms with Gasteiger partial charge in [0, 0.05) is 30.6 Å². The number of nitrogens with zero attached hydrogens (tertiary/aromatic N) is 3. The van der Waals surface area contributed by atoms with Gasteiger partial charge < -0.3 is 4.74 Å². The number of ether oxygens (including phenoxy) is 1. The number of benzene rings is 1. The zero-order valence-electron chi connectivity index (χ0n) is 13.7. The quantitative estimate of drug-likeness (QED) is 0.813. The van der Waals surface area contributed by atoms with E-state index in [2.05, 4.69) is 4.98 Å². The van der Waals surface area contributed by atoms with Crippen molar-refractivity contribution in [1.82, 2.24) is 15.0 Å². The first-order valence-corrected chi connectivity index (χ1v) is 7.85. The Bertz CT molecular complexity index is 816. The lowest BCUT2D eigenvalue weighted by molar-refractivity contribution is -0.135. The minimum absolute atomic E-state index is 0.198. The summed E-state index contributed by atoms with van der Waals surface area (Å²) >= 11 is 0. The fourth-order valence-corrected chi connectivity index (χ4v) is 2.83. The third kappa shape index (κ3) is 2.82. The SMILES string of the molecule is C/C=C/C(=O)N1CCCN1C(=O)c1cc(OC)c2ccccc2n1. The summed E-state index contributed by atoms with van der Waals surface area (Å²) < 4.78 is 5.39. The number of carbonyl (C=O) groups excluding carboxylic acids is 2. The van der Waals surface area contributed by atoms with Gasteiger partial charge in [0.25, 0.3) is 11.8 Å². The molecule has 124 valence electrons. The Morgan fingerprint density at radius 1 is 1.21 bits per heavy atom. The van der Waals surface area contributed by atoms with Crippen LogP contribution in [0.4, 0.5) is 0 Å². The van der Waals surface area contributed by atoms with E-state index in [0.29, 0.717) is 24.4 Å². The fourth-order valence-electron chi connectivity index (χ4n) is 2.83. The molecule has 0 saturated carbocycles. The highest BCUT2D eigenvalue weighted by Gasteiger charge is 2.31. The maximum Gasteiger partial charge on any atom is 0.291 e. The van der Waals surface area contributed by atoms with Crippen LogP contribution < -0.4 is 4.74 Å². The number of carbonyl (C=O) groups is 2. The first-order valence-electron chi connectivity index (χ1n) is 7.85. The summed E-state index contributed by atoms with van der Waals surface area (Å²) in [6, 6.07) is 9.11. The van der Waals surface area contributed by atoms with Crippen LogP contribution in [0, 0.1) is 0 Å². The Labute approximate surface area is 140 Å². The third-order valence-electron chi connectivity index (χ3n) is 3.95. The number of hydrogen-bond acceptors (Lipinski definition) is 4. The molecule has 0 N–H and O–H groups in total. The number of rotatable bonds is 3. The van der Waals surface area contributed by atoms with Gasteiger partial charge in [-0.2, -0.15) is 0 Å². The van der Waals surface area contributed by atoms with Crippen LogP contribution >= 0.6 is 0 Å². The maximum atomic E-state index is 12.9. The second kappa shape index (κ2) is 6.70. The number of amides is 2. The number of hydrazine groups is 1. The molecule has 0 bridgehead atoms. The van der Waals surface area contributed by atoms with Crippen molar-refractivity contribution in [3.05, 3.63) is 48.2 Å². The van der Waals surface area contributed by atoms with E-state index in [1.165, 1.54) is 16.1 Å². The fraction of sp³-hybridized carbons (Fsp3) is 0.278. The summed E-state index contributed by atoms with van der Waals surface area (Å²) in [7, 11) is 1.56. The van der Waals surface area contributed by atoms with Crippen LogP contribution in [0.25, 0.3) is 10.9 Å². The number of methoxy groups -OCH3 is 1. The average Bonchev–Trinajstić information content (AvgIpc) is 3.10. The van der Waals surface area contributed by atoms with Crippen LogP contribution in [-0.2, 0) is 4.79 Å². The first kappa shape index (κ1) is 16.0. The van der Waals surface area contributed by atoms with Gasteiger partial charge in [-0.25, -0.2) is 15.0 Å². The number of fused-ring (bicyclic) bond motifs is 1. The highest BCUT2D eigenvalue weighted by atomic mass is 16.5. The van der Waals surface area contributed by atoms with Crippen molar-refractivity contribution in [2.24, 2.45) is 0 Å². The standard InChI is InChI=1S/C18H19N3O3/c1-3-7-17(22)20-10-6-11-21(20)18(23)15-12-16(24-2)13-8-4-5-9-14(13)19-15/h3-5,7-9,12H,6,10-11H2,1-2H3/b7-3+. The molecule has 2 heterocycles. The van der Waals surface area contributed by atoms with Gasteiger partial charge in [0.05, 0.1) is 12.6 Å². The molecule has 2 amide bonds. The van der Waals surface area contributed by atoms with E-state index in [0.717, 1.165) is 11.8 Å². The number of para-hydroxylation sites is 1. The highest BCUT2D eigenvalue weighted by Crippen LogP contribution is 2.26. The summed E-state index contributed by atoms with van der Waals surface area (Å²) in [5.74, 6) is 0.0972. The molecular formula is C18H19N3O3. The average molecular weight is 325 g/mol. The van der Waals surface area contributed by atoms with Gasteiger partial charge in [-0.1, -0.05) is 18.2 Å². The molecule has 0 unspecified atom stereocenters. The van der Waals surface area contributed by atoms with Gasteiger partial charge in [-0.15, -0.1) is 0 Å². The lowest BCUT2D eigenvalue weighted by Gasteiger charge is -2.26. The first-order chi connectivity index (χ1) is 11.7. The van der Waals surface area contributed by atoms with E-state index >= 15 is 0 Å². The van der Waals surface area contributed by atoms with E-state index in [4.69, 9.17) is 4.74 Å². The monoisotopic (exact) mass is 325 g/mol. The van der Waals surface area contributed by atoms with Gasteiger partial charge in [0.2, 0.25) is 0 Å². The minimum Gasteiger partial charge on any atom is -0.496 e. The Morgan fingerprint density at radius 2 is 1.96 bits per heavy atom. The van der Waals surface area contributed by atoms with Crippen LogP contribution in [0.3, 0.4) is 0 Å². The van der Waals surface area contributed by atoms with Crippen molar-refractivity contribution in [3.8, 4) is 5.75 Å². The molecule has 1 aromatic carbocycles. The van der Waals surface area contributed by atoms with Crippen molar-refractivity contribution in [2.45, 2.75) is 13.3 Å². The summed E-state index contributed by atoms with van der Waals surface area (Å²) in [4.78, 5) is 29.4. The summed E-state index contributed by atoms with van der Waals surface area (Å²) in [6.45, 7) is 2.80. The van der Waals surface area contributed by atoms with Gasteiger partial charge in [-0.3, -0.25) is 9.59 Å². The molecule has 0 radical (unpaired) electrons.